The first-order valence-corrected chi connectivity index (χ1v) is 7.12. The lowest BCUT2D eigenvalue weighted by Crippen LogP contribution is -2.41. The van der Waals surface area contributed by atoms with Crippen LogP contribution in [-0.2, 0) is 4.74 Å². The number of carbonyl (C=O) groups excluding carboxylic acids is 1. The van der Waals surface area contributed by atoms with Crippen molar-refractivity contribution in [2.24, 2.45) is 0 Å². The van der Waals surface area contributed by atoms with Gasteiger partial charge in [-0.3, -0.25) is 0 Å². The molecule has 1 atom stereocenters. The Labute approximate surface area is 119 Å². The molecule has 1 amide bonds. The maximum absolute atomic E-state index is 13.4. The van der Waals surface area contributed by atoms with E-state index in [2.05, 4.69) is 0 Å². The van der Waals surface area contributed by atoms with Crippen molar-refractivity contribution in [2.45, 2.75) is 51.7 Å². The molecule has 2 rings (SSSR count). The third-order valence-electron chi connectivity index (χ3n) is 3.36. The summed E-state index contributed by atoms with van der Waals surface area (Å²) in [4.78, 5) is 14.0. The standard InChI is InChI=1S/C16H22FNO2/c1-16(2,3)20-15(19)18-10-5-4-9-14(18)12-7-6-8-13(17)11-12/h6-8,11,14H,4-5,9-10H2,1-3H3/t14-/m0/s1. The van der Waals surface area contributed by atoms with Gasteiger partial charge in [-0.2, -0.15) is 0 Å². The summed E-state index contributed by atoms with van der Waals surface area (Å²) in [6.45, 7) is 6.22. The minimum absolute atomic E-state index is 0.0886. The van der Waals surface area contributed by atoms with Crippen molar-refractivity contribution in [3.63, 3.8) is 0 Å². The molecule has 0 unspecified atom stereocenters. The monoisotopic (exact) mass is 279 g/mol. The SMILES string of the molecule is CC(C)(C)OC(=O)N1CCCC[C@H]1c1cccc(F)c1. The fraction of sp³-hybridized carbons (Fsp3) is 0.562. The van der Waals surface area contributed by atoms with Crippen LogP contribution >= 0.6 is 0 Å². The van der Waals surface area contributed by atoms with Gasteiger partial charge in [0.05, 0.1) is 6.04 Å². The van der Waals surface area contributed by atoms with Gasteiger partial charge in [0.25, 0.3) is 0 Å². The number of piperidine rings is 1. The summed E-state index contributed by atoms with van der Waals surface area (Å²) in [5, 5.41) is 0. The van der Waals surface area contributed by atoms with Crippen LogP contribution in [0.4, 0.5) is 9.18 Å². The van der Waals surface area contributed by atoms with Gasteiger partial charge in [-0.15, -0.1) is 0 Å². The second-order valence-electron chi connectivity index (χ2n) is 6.24. The molecule has 0 spiro atoms. The van der Waals surface area contributed by atoms with Crippen LogP contribution in [0.25, 0.3) is 0 Å². The molecule has 3 nitrogen and oxygen atoms in total. The van der Waals surface area contributed by atoms with E-state index >= 15 is 0 Å². The Bertz CT molecular complexity index is 482. The van der Waals surface area contributed by atoms with E-state index in [0.29, 0.717) is 6.54 Å². The van der Waals surface area contributed by atoms with Gasteiger partial charge in [0.15, 0.2) is 0 Å². The van der Waals surface area contributed by atoms with Gasteiger partial charge in [0, 0.05) is 6.54 Å². The summed E-state index contributed by atoms with van der Waals surface area (Å²) in [5.41, 5.74) is 0.330. The van der Waals surface area contributed by atoms with E-state index in [1.165, 1.54) is 12.1 Å². The van der Waals surface area contributed by atoms with Gasteiger partial charge in [0.2, 0.25) is 0 Å². The van der Waals surface area contributed by atoms with Crippen molar-refractivity contribution >= 4 is 6.09 Å². The van der Waals surface area contributed by atoms with E-state index in [9.17, 15) is 9.18 Å². The molecule has 1 aliphatic heterocycles. The van der Waals surface area contributed by atoms with Crippen molar-refractivity contribution in [1.82, 2.24) is 4.90 Å². The Balaban J connectivity index is 2.19. The predicted octanol–water partition coefficient (Wildman–Crippen LogP) is 4.29. The number of nitrogens with zero attached hydrogens (tertiary/aromatic N) is 1. The van der Waals surface area contributed by atoms with Crippen LogP contribution in [0.15, 0.2) is 24.3 Å². The fourth-order valence-electron chi connectivity index (χ4n) is 2.53. The molecule has 0 aromatic heterocycles. The number of hydrogen-bond donors (Lipinski definition) is 0. The Morgan fingerprint density at radius 3 is 2.75 bits per heavy atom. The molecule has 0 N–H and O–H groups in total. The largest absolute Gasteiger partial charge is 0.444 e. The first-order valence-electron chi connectivity index (χ1n) is 7.12. The highest BCUT2D eigenvalue weighted by molar-refractivity contribution is 5.69. The average Bonchev–Trinajstić information content (AvgIpc) is 2.37. The molecule has 1 aromatic carbocycles. The third kappa shape index (κ3) is 3.71. The lowest BCUT2D eigenvalue weighted by Gasteiger charge is -2.37. The topological polar surface area (TPSA) is 29.5 Å². The maximum atomic E-state index is 13.4. The first kappa shape index (κ1) is 14.8. The molecule has 0 bridgehead atoms. The van der Waals surface area contributed by atoms with Crippen molar-refractivity contribution in [1.29, 1.82) is 0 Å². The van der Waals surface area contributed by atoms with Gasteiger partial charge in [-0.05, 0) is 57.7 Å². The van der Waals surface area contributed by atoms with Crippen molar-refractivity contribution in [3.05, 3.63) is 35.6 Å². The number of halogens is 1. The molecular weight excluding hydrogens is 257 g/mol. The molecule has 20 heavy (non-hydrogen) atoms. The van der Waals surface area contributed by atoms with Crippen LogP contribution in [0.5, 0.6) is 0 Å². The number of carbonyl (C=O) groups is 1. The summed E-state index contributed by atoms with van der Waals surface area (Å²) in [7, 11) is 0. The van der Waals surface area contributed by atoms with E-state index in [0.717, 1.165) is 24.8 Å². The fourth-order valence-corrected chi connectivity index (χ4v) is 2.53. The summed E-state index contributed by atoms with van der Waals surface area (Å²) >= 11 is 0. The number of benzene rings is 1. The van der Waals surface area contributed by atoms with Gasteiger partial charge in [-0.25, -0.2) is 9.18 Å². The van der Waals surface area contributed by atoms with Crippen LogP contribution < -0.4 is 0 Å². The van der Waals surface area contributed by atoms with Crippen LogP contribution in [0.2, 0.25) is 0 Å². The molecule has 0 radical (unpaired) electrons. The quantitative estimate of drug-likeness (QED) is 0.767. The number of hydrogen-bond acceptors (Lipinski definition) is 2. The molecule has 1 aromatic rings. The lowest BCUT2D eigenvalue weighted by molar-refractivity contribution is 0.00947. The Morgan fingerprint density at radius 1 is 1.35 bits per heavy atom. The number of ether oxygens (including phenoxy) is 1. The highest BCUT2D eigenvalue weighted by Crippen LogP contribution is 2.32. The molecule has 110 valence electrons. The molecule has 4 heteroatoms. The highest BCUT2D eigenvalue weighted by atomic mass is 19.1. The number of amides is 1. The Kier molecular flexibility index (Phi) is 4.31. The third-order valence-corrected chi connectivity index (χ3v) is 3.36. The highest BCUT2D eigenvalue weighted by Gasteiger charge is 2.31. The average molecular weight is 279 g/mol. The zero-order chi connectivity index (χ0) is 14.8. The Hall–Kier alpha value is -1.58. The zero-order valence-corrected chi connectivity index (χ0v) is 12.4. The van der Waals surface area contributed by atoms with E-state index in [1.807, 2.05) is 26.8 Å². The summed E-state index contributed by atoms with van der Waals surface area (Å²) in [6.07, 6.45) is 2.54. The van der Waals surface area contributed by atoms with Crippen LogP contribution in [0, 0.1) is 5.82 Å². The molecule has 0 aliphatic carbocycles. The minimum atomic E-state index is -0.513. The van der Waals surface area contributed by atoms with Gasteiger partial charge < -0.3 is 9.64 Å². The summed E-state index contributed by atoms with van der Waals surface area (Å²) in [6, 6.07) is 6.40. The zero-order valence-electron chi connectivity index (χ0n) is 12.4. The van der Waals surface area contributed by atoms with Gasteiger partial charge in [-0.1, -0.05) is 12.1 Å². The van der Waals surface area contributed by atoms with Crippen LogP contribution in [0.1, 0.15) is 51.6 Å². The van der Waals surface area contributed by atoms with Gasteiger partial charge in [0.1, 0.15) is 11.4 Å². The molecule has 1 saturated heterocycles. The summed E-state index contributed by atoms with van der Waals surface area (Å²) in [5.74, 6) is -0.266. The van der Waals surface area contributed by atoms with E-state index in [-0.39, 0.29) is 18.0 Å². The van der Waals surface area contributed by atoms with E-state index in [4.69, 9.17) is 4.74 Å². The first-order chi connectivity index (χ1) is 9.37. The van der Waals surface area contributed by atoms with Crippen molar-refractivity contribution < 1.29 is 13.9 Å². The molecular formula is C16H22FNO2. The normalized spacial score (nSPS) is 19.8. The number of likely N-dealkylation sites (tertiary alicyclic amines) is 1. The molecule has 1 aliphatic rings. The predicted molar refractivity (Wildman–Crippen MR) is 75.9 cm³/mol. The molecule has 1 heterocycles. The minimum Gasteiger partial charge on any atom is -0.444 e. The maximum Gasteiger partial charge on any atom is 0.410 e. The van der Waals surface area contributed by atoms with Gasteiger partial charge >= 0.3 is 6.09 Å². The van der Waals surface area contributed by atoms with E-state index in [1.54, 1.807) is 11.0 Å². The van der Waals surface area contributed by atoms with Crippen LogP contribution in [0.3, 0.4) is 0 Å². The van der Waals surface area contributed by atoms with E-state index < -0.39 is 5.60 Å². The molecule has 0 saturated carbocycles. The Morgan fingerprint density at radius 2 is 2.10 bits per heavy atom. The van der Waals surface area contributed by atoms with Crippen molar-refractivity contribution in [2.75, 3.05) is 6.54 Å². The van der Waals surface area contributed by atoms with Crippen LogP contribution in [-0.4, -0.2) is 23.1 Å². The second-order valence-corrected chi connectivity index (χ2v) is 6.24. The second kappa shape index (κ2) is 5.81. The smallest absolute Gasteiger partial charge is 0.410 e. The molecule has 1 fully saturated rings. The lowest BCUT2D eigenvalue weighted by atomic mass is 9.95. The number of rotatable bonds is 1. The van der Waals surface area contributed by atoms with Crippen molar-refractivity contribution in [3.8, 4) is 0 Å². The summed E-state index contributed by atoms with van der Waals surface area (Å²) < 4.78 is 18.8.